The Hall–Kier alpha value is -3.19. The van der Waals surface area contributed by atoms with Crippen molar-refractivity contribution >= 4 is 27.5 Å². The average molecular weight is 388 g/mol. The molecule has 1 unspecified atom stereocenters. The molecule has 7 nitrogen and oxygen atoms in total. The van der Waals surface area contributed by atoms with E-state index in [0.29, 0.717) is 17.4 Å². The van der Waals surface area contributed by atoms with Crippen LogP contribution >= 0.6 is 0 Å². The summed E-state index contributed by atoms with van der Waals surface area (Å²) in [5.74, 6) is 0.704. The second-order valence-corrected chi connectivity index (χ2v) is 7.80. The van der Waals surface area contributed by atoms with Crippen molar-refractivity contribution in [1.29, 1.82) is 0 Å². The lowest BCUT2D eigenvalue weighted by molar-refractivity contribution is 0.473. The zero-order valence-corrected chi connectivity index (χ0v) is 16.8. The number of phenolic OH excluding ortho intramolecular Hbond substituents is 1. The highest BCUT2D eigenvalue weighted by Gasteiger charge is 2.21. The van der Waals surface area contributed by atoms with E-state index in [9.17, 15) is 5.11 Å². The van der Waals surface area contributed by atoms with Gasteiger partial charge in [-0.3, -0.25) is 4.68 Å². The number of hydrogen-bond donors (Lipinski definition) is 2. The van der Waals surface area contributed by atoms with Gasteiger partial charge in [-0.2, -0.15) is 5.10 Å². The number of hydrogen-bond acceptors (Lipinski definition) is 6. The summed E-state index contributed by atoms with van der Waals surface area (Å²) in [7, 11) is 3.89. The standard InChI is InChI=1S/C22H24N6O/c1-13-20-15(11-27(3)26-20)9-18(21(13)29)22-24-10-14-8-17(4-5-19(14)25-22)28-7-6-16(12-28)23-2/h4-5,8-11,16,23,29H,6-7,12H2,1-3H3. The molecular formula is C22H24N6O. The molecule has 2 N–H and O–H groups in total. The lowest BCUT2D eigenvalue weighted by Gasteiger charge is -2.19. The van der Waals surface area contributed by atoms with Crippen molar-refractivity contribution in [3.8, 4) is 17.1 Å². The molecule has 0 saturated carbocycles. The SMILES string of the molecule is CNC1CCN(c2ccc3nc(-c4cc5cn(C)nc5c(C)c4O)ncc3c2)C1. The van der Waals surface area contributed by atoms with E-state index in [4.69, 9.17) is 4.98 Å². The fourth-order valence-corrected chi connectivity index (χ4v) is 4.19. The highest BCUT2D eigenvalue weighted by molar-refractivity contribution is 5.91. The Morgan fingerprint density at radius 3 is 2.86 bits per heavy atom. The van der Waals surface area contributed by atoms with E-state index in [0.717, 1.165) is 46.9 Å². The van der Waals surface area contributed by atoms with Crippen LogP contribution in [0.5, 0.6) is 5.75 Å². The minimum absolute atomic E-state index is 0.183. The molecule has 2 aromatic heterocycles. The van der Waals surface area contributed by atoms with E-state index >= 15 is 0 Å². The van der Waals surface area contributed by atoms with Gasteiger partial charge >= 0.3 is 0 Å². The van der Waals surface area contributed by atoms with E-state index in [1.807, 2.05) is 45.5 Å². The average Bonchev–Trinajstić information content (AvgIpc) is 3.36. The lowest BCUT2D eigenvalue weighted by Crippen LogP contribution is -2.29. The number of likely N-dealkylation sites (N-methyl/N-ethyl adjacent to an activating group) is 1. The third-order valence-electron chi connectivity index (χ3n) is 5.89. The van der Waals surface area contributed by atoms with Gasteiger partial charge in [-0.25, -0.2) is 9.97 Å². The molecular weight excluding hydrogens is 364 g/mol. The Kier molecular flexibility index (Phi) is 4.13. The molecule has 1 saturated heterocycles. The highest BCUT2D eigenvalue weighted by atomic mass is 16.3. The van der Waals surface area contributed by atoms with Gasteiger partial charge in [0, 0.05) is 60.6 Å². The topological polar surface area (TPSA) is 79.1 Å². The van der Waals surface area contributed by atoms with Crippen LogP contribution in [0.25, 0.3) is 33.2 Å². The molecule has 1 aliphatic rings. The van der Waals surface area contributed by atoms with Crippen molar-refractivity contribution in [2.45, 2.75) is 19.4 Å². The first kappa shape index (κ1) is 17.9. The van der Waals surface area contributed by atoms with E-state index in [1.54, 1.807) is 4.68 Å². The number of aryl methyl sites for hydroxylation is 2. The molecule has 4 aromatic rings. The van der Waals surface area contributed by atoms with Crippen molar-refractivity contribution in [2.24, 2.45) is 7.05 Å². The van der Waals surface area contributed by atoms with Crippen molar-refractivity contribution in [3.05, 3.63) is 42.2 Å². The maximum absolute atomic E-state index is 10.7. The minimum Gasteiger partial charge on any atom is -0.507 e. The summed E-state index contributed by atoms with van der Waals surface area (Å²) in [6.45, 7) is 3.93. The molecule has 2 aromatic carbocycles. The second kappa shape index (κ2) is 6.70. The van der Waals surface area contributed by atoms with E-state index in [-0.39, 0.29) is 5.75 Å². The molecule has 1 fully saturated rings. The summed E-state index contributed by atoms with van der Waals surface area (Å²) in [6.07, 6.45) is 4.93. The second-order valence-electron chi connectivity index (χ2n) is 7.80. The maximum atomic E-state index is 10.7. The number of aromatic hydroxyl groups is 1. The van der Waals surface area contributed by atoms with Crippen molar-refractivity contribution in [3.63, 3.8) is 0 Å². The Morgan fingerprint density at radius 2 is 2.07 bits per heavy atom. The van der Waals surface area contributed by atoms with Gasteiger partial charge in [0.25, 0.3) is 0 Å². The molecule has 0 bridgehead atoms. The molecule has 1 atom stereocenters. The van der Waals surface area contributed by atoms with Crippen LogP contribution < -0.4 is 10.2 Å². The maximum Gasteiger partial charge on any atom is 0.163 e. The number of benzene rings is 2. The fourth-order valence-electron chi connectivity index (χ4n) is 4.19. The molecule has 0 radical (unpaired) electrons. The molecule has 1 aliphatic heterocycles. The van der Waals surface area contributed by atoms with Gasteiger partial charge in [-0.1, -0.05) is 0 Å². The molecule has 0 amide bonds. The third-order valence-corrected chi connectivity index (χ3v) is 5.89. The first-order valence-corrected chi connectivity index (χ1v) is 9.89. The number of phenols is 1. The quantitative estimate of drug-likeness (QED) is 0.562. The van der Waals surface area contributed by atoms with Crippen LogP contribution in [0.1, 0.15) is 12.0 Å². The summed E-state index contributed by atoms with van der Waals surface area (Å²) < 4.78 is 1.75. The van der Waals surface area contributed by atoms with Crippen molar-refractivity contribution < 1.29 is 5.11 Å². The highest BCUT2D eigenvalue weighted by Crippen LogP contribution is 2.36. The number of anilines is 1. The monoisotopic (exact) mass is 388 g/mol. The molecule has 3 heterocycles. The summed E-state index contributed by atoms with van der Waals surface area (Å²) in [6, 6.07) is 8.74. The number of aromatic nitrogens is 4. The number of nitrogens with zero attached hydrogens (tertiary/aromatic N) is 5. The summed E-state index contributed by atoms with van der Waals surface area (Å²) in [5, 5.41) is 20.5. The third kappa shape index (κ3) is 2.98. The van der Waals surface area contributed by atoms with Gasteiger partial charge in [0.15, 0.2) is 5.82 Å². The predicted molar refractivity (Wildman–Crippen MR) is 115 cm³/mol. The van der Waals surface area contributed by atoms with Gasteiger partial charge in [-0.05, 0) is 44.7 Å². The Morgan fingerprint density at radius 1 is 1.21 bits per heavy atom. The molecule has 5 rings (SSSR count). The Labute approximate surface area is 169 Å². The number of nitrogens with one attached hydrogen (secondary N) is 1. The van der Waals surface area contributed by atoms with Crippen LogP contribution in [-0.4, -0.2) is 51.0 Å². The summed E-state index contributed by atoms with van der Waals surface area (Å²) >= 11 is 0. The zero-order valence-electron chi connectivity index (χ0n) is 16.8. The first-order valence-electron chi connectivity index (χ1n) is 9.89. The molecule has 29 heavy (non-hydrogen) atoms. The molecule has 7 heteroatoms. The minimum atomic E-state index is 0.183. The lowest BCUT2D eigenvalue weighted by atomic mass is 10.0. The Bertz CT molecular complexity index is 1230. The van der Waals surface area contributed by atoms with Crippen molar-refractivity contribution in [1.82, 2.24) is 25.1 Å². The van der Waals surface area contributed by atoms with Gasteiger partial charge in [0.2, 0.25) is 0 Å². The van der Waals surface area contributed by atoms with E-state index in [2.05, 4.69) is 32.4 Å². The normalized spacial score (nSPS) is 16.9. The van der Waals surface area contributed by atoms with E-state index in [1.165, 1.54) is 5.69 Å². The van der Waals surface area contributed by atoms with Crippen LogP contribution in [0.3, 0.4) is 0 Å². The van der Waals surface area contributed by atoms with Crippen LogP contribution in [0.2, 0.25) is 0 Å². The molecule has 148 valence electrons. The Balaban J connectivity index is 1.54. The fraction of sp³-hybridized carbons (Fsp3) is 0.318. The zero-order chi connectivity index (χ0) is 20.1. The van der Waals surface area contributed by atoms with Gasteiger partial charge < -0.3 is 15.3 Å². The van der Waals surface area contributed by atoms with Crippen LogP contribution in [-0.2, 0) is 7.05 Å². The smallest absolute Gasteiger partial charge is 0.163 e. The van der Waals surface area contributed by atoms with Crippen LogP contribution in [0.4, 0.5) is 5.69 Å². The largest absolute Gasteiger partial charge is 0.507 e. The summed E-state index contributed by atoms with van der Waals surface area (Å²) in [5.41, 5.74) is 4.23. The predicted octanol–water partition coefficient (Wildman–Crippen LogP) is 3.00. The van der Waals surface area contributed by atoms with Gasteiger partial charge in [0.1, 0.15) is 5.75 Å². The van der Waals surface area contributed by atoms with Gasteiger partial charge in [0.05, 0.1) is 16.6 Å². The van der Waals surface area contributed by atoms with Crippen LogP contribution in [0.15, 0.2) is 36.7 Å². The van der Waals surface area contributed by atoms with Gasteiger partial charge in [-0.15, -0.1) is 0 Å². The summed E-state index contributed by atoms with van der Waals surface area (Å²) in [4.78, 5) is 11.7. The van der Waals surface area contributed by atoms with E-state index < -0.39 is 0 Å². The molecule has 0 aliphatic carbocycles. The van der Waals surface area contributed by atoms with Crippen LogP contribution in [0, 0.1) is 6.92 Å². The first-order chi connectivity index (χ1) is 14.0. The van der Waals surface area contributed by atoms with Crippen molar-refractivity contribution in [2.75, 3.05) is 25.0 Å². The number of rotatable bonds is 3. The molecule has 0 spiro atoms. The number of fused-ring (bicyclic) bond motifs is 2.